The van der Waals surface area contributed by atoms with Crippen LogP contribution in [0.3, 0.4) is 0 Å². The summed E-state index contributed by atoms with van der Waals surface area (Å²) in [6, 6.07) is 0. The second-order valence-corrected chi connectivity index (χ2v) is 7.53. The van der Waals surface area contributed by atoms with Crippen molar-refractivity contribution < 1.29 is 34.1 Å². The zero-order chi connectivity index (χ0) is 17.8. The summed E-state index contributed by atoms with van der Waals surface area (Å²) >= 11 is 0. The van der Waals surface area contributed by atoms with Crippen molar-refractivity contribution in [1.29, 1.82) is 0 Å². The standard InChI is InChI=1S/C17H22O7/c1-6(14(18)19)10(15(20)21)12-8-3-4-9(5-8)13(12)11-7(2)16(22)24-17(11)23/h6-13H,3-5H2,1-2H3,(H,18,19)(H,20,21). The van der Waals surface area contributed by atoms with Crippen molar-refractivity contribution in [2.24, 2.45) is 47.3 Å². The molecule has 8 unspecified atom stereocenters. The van der Waals surface area contributed by atoms with Gasteiger partial charge in [-0.3, -0.25) is 19.2 Å². The lowest BCUT2D eigenvalue weighted by Crippen LogP contribution is -2.44. The van der Waals surface area contributed by atoms with Gasteiger partial charge in [0.2, 0.25) is 0 Å². The highest BCUT2D eigenvalue weighted by molar-refractivity contribution is 5.96. The number of hydrogen-bond acceptors (Lipinski definition) is 5. The van der Waals surface area contributed by atoms with Crippen molar-refractivity contribution in [3.8, 4) is 0 Å². The molecule has 3 rings (SSSR count). The molecule has 3 aliphatic rings. The van der Waals surface area contributed by atoms with Gasteiger partial charge in [-0.25, -0.2) is 0 Å². The number of carbonyl (C=O) groups is 4. The molecule has 2 bridgehead atoms. The van der Waals surface area contributed by atoms with Crippen LogP contribution >= 0.6 is 0 Å². The molecule has 0 amide bonds. The summed E-state index contributed by atoms with van der Waals surface area (Å²) in [6.07, 6.45) is 2.55. The van der Waals surface area contributed by atoms with Crippen molar-refractivity contribution in [2.75, 3.05) is 0 Å². The number of esters is 2. The molecule has 2 N–H and O–H groups in total. The van der Waals surface area contributed by atoms with Gasteiger partial charge in [0.25, 0.3) is 0 Å². The van der Waals surface area contributed by atoms with Crippen LogP contribution < -0.4 is 0 Å². The van der Waals surface area contributed by atoms with Crippen molar-refractivity contribution in [1.82, 2.24) is 0 Å². The summed E-state index contributed by atoms with van der Waals surface area (Å²) in [4.78, 5) is 47.2. The minimum Gasteiger partial charge on any atom is -0.481 e. The quantitative estimate of drug-likeness (QED) is 0.574. The lowest BCUT2D eigenvalue weighted by molar-refractivity contribution is -0.159. The van der Waals surface area contributed by atoms with Gasteiger partial charge in [-0.2, -0.15) is 0 Å². The second-order valence-electron chi connectivity index (χ2n) is 7.53. The summed E-state index contributed by atoms with van der Waals surface area (Å²) in [6.45, 7) is 3.04. The Bertz CT molecular complexity index is 598. The van der Waals surface area contributed by atoms with Gasteiger partial charge in [-0.05, 0) is 42.9 Å². The van der Waals surface area contributed by atoms with Gasteiger partial charge >= 0.3 is 23.9 Å². The molecule has 3 fully saturated rings. The van der Waals surface area contributed by atoms with Gasteiger partial charge < -0.3 is 14.9 Å². The molecule has 24 heavy (non-hydrogen) atoms. The van der Waals surface area contributed by atoms with Crippen LogP contribution in [0.1, 0.15) is 33.1 Å². The molecule has 1 heterocycles. The first kappa shape index (κ1) is 16.9. The van der Waals surface area contributed by atoms with Crippen LogP contribution in [0.4, 0.5) is 0 Å². The number of hydrogen-bond donors (Lipinski definition) is 2. The molecule has 0 aromatic heterocycles. The molecule has 2 aliphatic carbocycles. The number of fused-ring (bicyclic) bond motifs is 2. The molecule has 1 aliphatic heterocycles. The first-order chi connectivity index (χ1) is 11.2. The highest BCUT2D eigenvalue weighted by Crippen LogP contribution is 2.60. The largest absolute Gasteiger partial charge is 0.481 e. The van der Waals surface area contributed by atoms with E-state index >= 15 is 0 Å². The summed E-state index contributed by atoms with van der Waals surface area (Å²) < 4.78 is 4.76. The molecule has 8 atom stereocenters. The predicted molar refractivity (Wildman–Crippen MR) is 79.5 cm³/mol. The molecular formula is C17H22O7. The Hall–Kier alpha value is -1.92. The maximum absolute atomic E-state index is 12.2. The third-order valence-corrected chi connectivity index (χ3v) is 6.47. The number of ether oxygens (including phenoxy) is 1. The van der Waals surface area contributed by atoms with Gasteiger partial charge in [0.05, 0.1) is 23.7 Å². The zero-order valence-corrected chi connectivity index (χ0v) is 13.7. The van der Waals surface area contributed by atoms with E-state index in [2.05, 4.69) is 0 Å². The van der Waals surface area contributed by atoms with E-state index in [9.17, 15) is 29.4 Å². The minimum absolute atomic E-state index is 0.0959. The van der Waals surface area contributed by atoms with Crippen LogP contribution in [0.5, 0.6) is 0 Å². The van der Waals surface area contributed by atoms with E-state index < -0.39 is 53.5 Å². The van der Waals surface area contributed by atoms with Crippen LogP contribution in [0.2, 0.25) is 0 Å². The number of carbonyl (C=O) groups excluding carboxylic acids is 2. The highest BCUT2D eigenvalue weighted by Gasteiger charge is 2.61. The predicted octanol–water partition coefficient (Wildman–Crippen LogP) is 1.41. The Morgan fingerprint density at radius 1 is 1.08 bits per heavy atom. The van der Waals surface area contributed by atoms with Crippen molar-refractivity contribution >= 4 is 23.9 Å². The van der Waals surface area contributed by atoms with Crippen LogP contribution in [0.25, 0.3) is 0 Å². The smallest absolute Gasteiger partial charge is 0.317 e. The maximum Gasteiger partial charge on any atom is 0.317 e. The Morgan fingerprint density at radius 2 is 1.71 bits per heavy atom. The molecule has 1 saturated heterocycles. The van der Waals surface area contributed by atoms with Gasteiger partial charge in [-0.1, -0.05) is 13.8 Å². The van der Waals surface area contributed by atoms with Crippen LogP contribution in [0.15, 0.2) is 0 Å². The molecule has 7 nitrogen and oxygen atoms in total. The van der Waals surface area contributed by atoms with Crippen molar-refractivity contribution in [3.05, 3.63) is 0 Å². The summed E-state index contributed by atoms with van der Waals surface area (Å²) in [7, 11) is 0. The monoisotopic (exact) mass is 338 g/mol. The molecule has 0 aromatic carbocycles. The topological polar surface area (TPSA) is 118 Å². The molecular weight excluding hydrogens is 316 g/mol. The van der Waals surface area contributed by atoms with Gasteiger partial charge in [0.15, 0.2) is 0 Å². The number of cyclic esters (lactones) is 2. The average Bonchev–Trinajstić information content (AvgIpc) is 3.15. The van der Waals surface area contributed by atoms with E-state index in [-0.39, 0.29) is 17.8 Å². The number of aliphatic carboxylic acids is 2. The Labute approximate surface area is 139 Å². The van der Waals surface area contributed by atoms with Crippen LogP contribution in [-0.4, -0.2) is 34.1 Å². The fourth-order valence-electron chi connectivity index (χ4n) is 5.41. The number of carboxylic acid groups (broad SMARTS) is 2. The van der Waals surface area contributed by atoms with E-state index in [4.69, 9.17) is 4.74 Å². The van der Waals surface area contributed by atoms with Gasteiger partial charge in [0, 0.05) is 0 Å². The van der Waals surface area contributed by atoms with Crippen LogP contribution in [0, 0.1) is 47.3 Å². The van der Waals surface area contributed by atoms with Crippen molar-refractivity contribution in [2.45, 2.75) is 33.1 Å². The van der Waals surface area contributed by atoms with Gasteiger partial charge in [-0.15, -0.1) is 0 Å². The third kappa shape index (κ3) is 2.41. The highest BCUT2D eigenvalue weighted by atomic mass is 16.6. The van der Waals surface area contributed by atoms with Crippen LogP contribution in [-0.2, 0) is 23.9 Å². The van der Waals surface area contributed by atoms with E-state index in [1.165, 1.54) is 6.92 Å². The van der Waals surface area contributed by atoms with E-state index in [0.29, 0.717) is 0 Å². The van der Waals surface area contributed by atoms with E-state index in [0.717, 1.165) is 19.3 Å². The lowest BCUT2D eigenvalue weighted by atomic mass is 9.63. The summed E-state index contributed by atoms with van der Waals surface area (Å²) in [5.74, 6) is -7.23. The molecule has 0 spiro atoms. The van der Waals surface area contributed by atoms with Crippen molar-refractivity contribution in [3.63, 3.8) is 0 Å². The normalized spacial score (nSPS) is 40.4. The van der Waals surface area contributed by atoms with E-state index in [1.54, 1.807) is 6.92 Å². The summed E-state index contributed by atoms with van der Waals surface area (Å²) in [5.41, 5.74) is 0. The molecule has 0 radical (unpaired) electrons. The number of carboxylic acids is 2. The van der Waals surface area contributed by atoms with E-state index in [1.807, 2.05) is 0 Å². The Morgan fingerprint density at radius 3 is 2.21 bits per heavy atom. The molecule has 2 saturated carbocycles. The fraction of sp³-hybridized carbons (Fsp3) is 0.765. The SMILES string of the molecule is CC(C(=O)O)C(C(=O)O)C1C2CCC(C2)C1C1C(=O)OC(=O)C1C. The molecule has 132 valence electrons. The fourth-order valence-corrected chi connectivity index (χ4v) is 5.41. The average molecular weight is 338 g/mol. The Kier molecular flexibility index (Phi) is 4.13. The second kappa shape index (κ2) is 5.86. The molecule has 7 heteroatoms. The zero-order valence-electron chi connectivity index (χ0n) is 13.7. The first-order valence-corrected chi connectivity index (χ1v) is 8.45. The number of rotatable bonds is 5. The Balaban J connectivity index is 1.98. The van der Waals surface area contributed by atoms with Gasteiger partial charge in [0.1, 0.15) is 0 Å². The minimum atomic E-state index is -1.15. The first-order valence-electron chi connectivity index (χ1n) is 8.45. The molecule has 0 aromatic rings. The third-order valence-electron chi connectivity index (χ3n) is 6.47. The lowest BCUT2D eigenvalue weighted by Gasteiger charge is -2.39. The summed E-state index contributed by atoms with van der Waals surface area (Å²) in [5, 5.41) is 19.0. The maximum atomic E-state index is 12.2.